The highest BCUT2D eigenvalue weighted by molar-refractivity contribution is 7.89. The molecule has 1 aliphatic rings. The van der Waals surface area contributed by atoms with Gasteiger partial charge in [-0.2, -0.15) is 4.31 Å². The van der Waals surface area contributed by atoms with Crippen LogP contribution in [-0.2, 0) is 10.0 Å². The van der Waals surface area contributed by atoms with Crippen molar-refractivity contribution in [3.63, 3.8) is 0 Å². The summed E-state index contributed by atoms with van der Waals surface area (Å²) < 4.78 is 31.7. The number of nitrogens with zero attached hydrogens (tertiary/aromatic N) is 3. The van der Waals surface area contributed by atoms with E-state index in [1.165, 1.54) is 4.31 Å². The lowest BCUT2D eigenvalue weighted by atomic mass is 10.3. The third-order valence-corrected chi connectivity index (χ3v) is 5.64. The summed E-state index contributed by atoms with van der Waals surface area (Å²) in [6.45, 7) is 8.64. The van der Waals surface area contributed by atoms with Gasteiger partial charge in [-0.3, -0.25) is 4.90 Å². The molecule has 6 nitrogen and oxygen atoms in total. The minimum Gasteiger partial charge on any atom is -0.360 e. The van der Waals surface area contributed by atoms with Gasteiger partial charge in [-0.15, -0.1) is 0 Å². The second-order valence-electron chi connectivity index (χ2n) is 4.93. The lowest BCUT2D eigenvalue weighted by Gasteiger charge is -2.33. The van der Waals surface area contributed by atoms with E-state index in [4.69, 9.17) is 4.52 Å². The SMILES string of the molecule is CC=CCN1CCN(S(=O)(=O)c2c(C)noc2C)CC1. The second-order valence-corrected chi connectivity index (χ2v) is 6.80. The van der Waals surface area contributed by atoms with Crippen molar-refractivity contribution in [2.45, 2.75) is 25.7 Å². The van der Waals surface area contributed by atoms with E-state index >= 15 is 0 Å². The second kappa shape index (κ2) is 6.07. The maximum Gasteiger partial charge on any atom is 0.248 e. The molecule has 0 saturated carbocycles. The van der Waals surface area contributed by atoms with Gasteiger partial charge in [-0.25, -0.2) is 8.42 Å². The van der Waals surface area contributed by atoms with E-state index < -0.39 is 10.0 Å². The van der Waals surface area contributed by atoms with Gasteiger partial charge in [0, 0.05) is 32.7 Å². The number of aromatic nitrogens is 1. The third kappa shape index (κ3) is 2.94. The summed E-state index contributed by atoms with van der Waals surface area (Å²) in [6.07, 6.45) is 4.09. The Hall–Kier alpha value is -1.18. The van der Waals surface area contributed by atoms with Crippen LogP contribution in [0.5, 0.6) is 0 Å². The molecule has 2 rings (SSSR count). The van der Waals surface area contributed by atoms with E-state index in [1.807, 2.05) is 13.0 Å². The van der Waals surface area contributed by atoms with Crippen LogP contribution in [0.15, 0.2) is 21.6 Å². The highest BCUT2D eigenvalue weighted by Gasteiger charge is 2.32. The van der Waals surface area contributed by atoms with Crippen LogP contribution in [0.3, 0.4) is 0 Å². The zero-order valence-electron chi connectivity index (χ0n) is 12.2. The summed E-state index contributed by atoms with van der Waals surface area (Å²) in [5, 5.41) is 3.73. The first-order chi connectivity index (χ1) is 9.46. The standard InChI is InChI=1S/C13H21N3O3S/c1-4-5-6-15-7-9-16(10-8-15)20(17,18)13-11(2)14-19-12(13)3/h4-5H,6-10H2,1-3H3. The van der Waals surface area contributed by atoms with Crippen molar-refractivity contribution >= 4 is 10.0 Å². The van der Waals surface area contributed by atoms with Crippen molar-refractivity contribution in [1.29, 1.82) is 0 Å². The molecule has 0 N–H and O–H groups in total. The fourth-order valence-electron chi connectivity index (χ4n) is 2.38. The van der Waals surface area contributed by atoms with Gasteiger partial charge in [0.25, 0.3) is 0 Å². The molecule has 0 spiro atoms. The smallest absolute Gasteiger partial charge is 0.248 e. The quantitative estimate of drug-likeness (QED) is 0.781. The summed E-state index contributed by atoms with van der Waals surface area (Å²) in [7, 11) is -3.49. The van der Waals surface area contributed by atoms with Crippen LogP contribution in [0.4, 0.5) is 0 Å². The molecule has 0 aromatic carbocycles. The van der Waals surface area contributed by atoms with Gasteiger partial charge in [0.15, 0.2) is 5.76 Å². The maximum absolute atomic E-state index is 12.6. The van der Waals surface area contributed by atoms with Crippen LogP contribution in [0.25, 0.3) is 0 Å². The van der Waals surface area contributed by atoms with E-state index in [1.54, 1.807) is 13.8 Å². The van der Waals surface area contributed by atoms with Gasteiger partial charge in [-0.05, 0) is 20.8 Å². The van der Waals surface area contributed by atoms with Gasteiger partial charge in [0.2, 0.25) is 10.0 Å². The van der Waals surface area contributed by atoms with Crippen molar-refractivity contribution in [3.8, 4) is 0 Å². The highest BCUT2D eigenvalue weighted by atomic mass is 32.2. The largest absolute Gasteiger partial charge is 0.360 e. The fourth-order valence-corrected chi connectivity index (χ4v) is 4.09. The molecular formula is C13H21N3O3S. The molecule has 1 aromatic rings. The molecule has 1 fully saturated rings. The van der Waals surface area contributed by atoms with Crippen LogP contribution >= 0.6 is 0 Å². The van der Waals surface area contributed by atoms with E-state index in [-0.39, 0.29) is 4.90 Å². The maximum atomic E-state index is 12.6. The van der Waals surface area contributed by atoms with Crippen molar-refractivity contribution in [1.82, 2.24) is 14.4 Å². The number of allylic oxidation sites excluding steroid dienone is 1. The minimum atomic E-state index is -3.49. The Labute approximate surface area is 120 Å². The predicted octanol–water partition coefficient (Wildman–Crippen LogP) is 1.17. The molecule has 0 amide bonds. The van der Waals surface area contributed by atoms with Crippen LogP contribution < -0.4 is 0 Å². The third-order valence-electron chi connectivity index (χ3n) is 3.50. The fraction of sp³-hybridized carbons (Fsp3) is 0.615. The Morgan fingerprint density at radius 3 is 2.40 bits per heavy atom. The molecular weight excluding hydrogens is 278 g/mol. The van der Waals surface area contributed by atoms with Gasteiger partial charge in [0.1, 0.15) is 10.6 Å². The molecule has 0 bridgehead atoms. The topological polar surface area (TPSA) is 66.7 Å². The summed E-state index contributed by atoms with van der Waals surface area (Å²) in [6, 6.07) is 0. The van der Waals surface area contributed by atoms with Gasteiger partial charge < -0.3 is 4.52 Å². The number of rotatable bonds is 4. The number of piperazine rings is 1. The zero-order chi connectivity index (χ0) is 14.8. The Morgan fingerprint density at radius 1 is 1.25 bits per heavy atom. The highest BCUT2D eigenvalue weighted by Crippen LogP contribution is 2.24. The molecule has 1 saturated heterocycles. The van der Waals surface area contributed by atoms with Crippen LogP contribution in [0.2, 0.25) is 0 Å². The van der Waals surface area contributed by atoms with Gasteiger partial charge >= 0.3 is 0 Å². The van der Waals surface area contributed by atoms with Crippen LogP contribution in [-0.4, -0.2) is 55.5 Å². The Bertz CT molecular complexity index is 565. The summed E-state index contributed by atoms with van der Waals surface area (Å²) >= 11 is 0. The first kappa shape index (κ1) is 15.2. The molecule has 0 radical (unpaired) electrons. The van der Waals surface area contributed by atoms with E-state index in [2.05, 4.69) is 16.1 Å². The lowest BCUT2D eigenvalue weighted by Crippen LogP contribution is -2.48. The van der Waals surface area contributed by atoms with E-state index in [0.29, 0.717) is 24.5 Å². The van der Waals surface area contributed by atoms with Gasteiger partial charge in [0.05, 0.1) is 0 Å². The van der Waals surface area contributed by atoms with E-state index in [0.717, 1.165) is 19.6 Å². The number of hydrogen-bond donors (Lipinski definition) is 0. The molecule has 20 heavy (non-hydrogen) atoms. The average Bonchev–Trinajstić information content (AvgIpc) is 2.77. The first-order valence-corrected chi connectivity index (χ1v) is 8.17. The molecule has 112 valence electrons. The lowest BCUT2D eigenvalue weighted by molar-refractivity contribution is 0.204. The molecule has 0 unspecified atom stereocenters. The van der Waals surface area contributed by atoms with Crippen LogP contribution in [0.1, 0.15) is 18.4 Å². The van der Waals surface area contributed by atoms with Crippen LogP contribution in [0, 0.1) is 13.8 Å². The zero-order valence-corrected chi connectivity index (χ0v) is 13.0. The monoisotopic (exact) mass is 299 g/mol. The molecule has 2 heterocycles. The summed E-state index contributed by atoms with van der Waals surface area (Å²) in [5.41, 5.74) is 0.429. The van der Waals surface area contributed by atoms with Crippen molar-refractivity contribution < 1.29 is 12.9 Å². The Morgan fingerprint density at radius 2 is 1.90 bits per heavy atom. The summed E-state index contributed by atoms with van der Waals surface area (Å²) in [4.78, 5) is 2.46. The molecule has 1 aliphatic heterocycles. The normalized spacial score (nSPS) is 18.9. The predicted molar refractivity (Wildman–Crippen MR) is 76.0 cm³/mol. The van der Waals surface area contributed by atoms with E-state index in [9.17, 15) is 8.42 Å². The molecule has 0 aliphatic carbocycles. The van der Waals surface area contributed by atoms with Gasteiger partial charge in [-0.1, -0.05) is 17.3 Å². The Kier molecular flexibility index (Phi) is 4.62. The number of hydrogen-bond acceptors (Lipinski definition) is 5. The molecule has 7 heteroatoms. The molecule has 1 aromatic heterocycles. The first-order valence-electron chi connectivity index (χ1n) is 6.73. The van der Waals surface area contributed by atoms with Crippen molar-refractivity contribution in [2.75, 3.05) is 32.7 Å². The average molecular weight is 299 g/mol. The molecule has 0 atom stereocenters. The summed E-state index contributed by atoms with van der Waals surface area (Å²) in [5.74, 6) is 0.360. The number of aryl methyl sites for hydroxylation is 2. The minimum absolute atomic E-state index is 0.222. The number of sulfonamides is 1. The van der Waals surface area contributed by atoms with Crippen molar-refractivity contribution in [3.05, 3.63) is 23.6 Å². The van der Waals surface area contributed by atoms with Crippen molar-refractivity contribution in [2.24, 2.45) is 0 Å². The Balaban J connectivity index is 2.10.